The molecule has 0 heterocycles. The number of hydrogen-bond acceptors (Lipinski definition) is 0. The maximum atomic E-state index is 7.86. The Bertz CT molecular complexity index is 34.3. The molecule has 0 aromatic carbocycles. The fourth-order valence-corrected chi connectivity index (χ4v) is 0. The van der Waals surface area contributed by atoms with Crippen LogP contribution in [0.25, 0.3) is 5.41 Å². The van der Waals surface area contributed by atoms with Gasteiger partial charge < -0.3 is 25.5 Å². The predicted octanol–water partition coefficient (Wildman–Crippen LogP) is 1.30. The Kier molecular flexibility index (Phi) is 87.6. The molecule has 0 aliphatic carbocycles. The van der Waals surface area contributed by atoms with E-state index in [0.717, 1.165) is 0 Å². The first-order valence-corrected chi connectivity index (χ1v) is 1.08. The van der Waals surface area contributed by atoms with Gasteiger partial charge in [-0.1, -0.05) is 6.92 Å². The van der Waals surface area contributed by atoms with E-state index in [0.29, 0.717) is 0 Å². The summed E-state index contributed by atoms with van der Waals surface area (Å²) < 4.78 is 0. The summed E-state index contributed by atoms with van der Waals surface area (Å²) in [5.41, 5.74) is 0.167. The Morgan fingerprint density at radius 2 is 1.38 bits per heavy atom. The minimum absolute atomic E-state index is 0. The zero-order valence-corrected chi connectivity index (χ0v) is 17.6. The van der Waals surface area contributed by atoms with Gasteiger partial charge in [-0.3, -0.25) is 0 Å². The number of rotatable bonds is 0. The summed E-state index contributed by atoms with van der Waals surface area (Å²) in [7, 11) is 0. The molecule has 0 aliphatic rings. The van der Waals surface area contributed by atoms with Crippen molar-refractivity contribution in [2.75, 3.05) is 0 Å². The van der Waals surface area contributed by atoms with Crippen molar-refractivity contribution < 1.29 is 93.3 Å². The fraction of sp³-hybridized carbons (Fsp3) is 0.250. The van der Waals surface area contributed by atoms with Crippen LogP contribution in [0.2, 0.25) is 0 Å². The van der Waals surface area contributed by atoms with Crippen LogP contribution in [0.15, 0.2) is 0 Å². The van der Waals surface area contributed by atoms with Crippen molar-refractivity contribution in [2.45, 2.75) is 6.92 Å². The second-order valence-corrected chi connectivity index (χ2v) is 0.735. The van der Waals surface area contributed by atoms with Crippen LogP contribution >= 0.6 is 0 Å². The molecular weight excluding hydrogens is 776 g/mol. The molecule has 0 fully saturated rings. The van der Waals surface area contributed by atoms with E-state index in [9.17, 15) is 0 Å². The fourth-order valence-electron chi connectivity index (χ4n) is 0. The molecule has 0 N–H and O–H groups in total. The van der Waals surface area contributed by atoms with Gasteiger partial charge in [-0.15, -0.1) is 0 Å². The van der Waals surface area contributed by atoms with Crippen LogP contribution in [0, 0.1) is 108 Å². The molecule has 0 unspecified atom stereocenters. The summed E-state index contributed by atoms with van der Waals surface area (Å²) in [6.07, 6.45) is 0. The zero-order chi connectivity index (χ0) is 3.58. The molecule has 0 saturated heterocycles. The van der Waals surface area contributed by atoms with Crippen molar-refractivity contribution in [3.05, 3.63) is 19.8 Å². The van der Waals surface area contributed by atoms with E-state index in [1.54, 1.807) is 0 Å². The summed E-state index contributed by atoms with van der Waals surface area (Å²) in [6.45, 7) is 4.64. The Hall–Kier alpha value is 2.70. The topological polar surface area (TPSA) is 22.3 Å². The van der Waals surface area contributed by atoms with E-state index in [-0.39, 0.29) is 106 Å². The summed E-state index contributed by atoms with van der Waals surface area (Å²) >= 11 is 0. The van der Waals surface area contributed by atoms with E-state index in [4.69, 9.17) is 5.41 Å². The third-order valence-corrected chi connectivity index (χ3v) is 0. The minimum Gasteiger partial charge on any atom is -0.838 e. The Labute approximate surface area is 123 Å². The SMILES string of the molecule is [CH2-]C(C)=[N-].[CH3-].[U+3].[U].[U]. The standard InChI is InChI=1S/C3H5N.CH3.3U/c1-3(2)4;;;;/h1H2,2H3;1H3;;;/q-2;-1;;;+3. The Balaban J connectivity index is -0.00000000750. The third-order valence-electron chi connectivity index (χ3n) is 0. The molecule has 1 radical (unpaired) electrons. The molecule has 41 valence electrons. The van der Waals surface area contributed by atoms with E-state index in [1.807, 2.05) is 0 Å². The summed E-state index contributed by atoms with van der Waals surface area (Å²) in [5.74, 6) is 0. The van der Waals surface area contributed by atoms with E-state index in [1.165, 1.54) is 6.92 Å². The van der Waals surface area contributed by atoms with Crippen LogP contribution in [-0.2, 0) is 0 Å². The molecule has 0 bridgehead atoms. The molecule has 0 atom stereocenters. The van der Waals surface area contributed by atoms with Gasteiger partial charge >= 0.3 is 31.1 Å². The molecule has 4 heteroatoms. The first-order valence-electron chi connectivity index (χ1n) is 1.08. The van der Waals surface area contributed by atoms with Crippen molar-refractivity contribution in [3.8, 4) is 0 Å². The molecule has 1 nitrogen and oxygen atoms in total. The average molecular weight is 784 g/mol. The van der Waals surface area contributed by atoms with Crippen LogP contribution in [-0.4, -0.2) is 5.71 Å². The maximum Gasteiger partial charge on any atom is 3.00 e. The largest absolute Gasteiger partial charge is 3.00 e. The van der Waals surface area contributed by atoms with Crippen LogP contribution in [0.1, 0.15) is 6.92 Å². The molecule has 0 aromatic rings. The van der Waals surface area contributed by atoms with Crippen molar-refractivity contribution >= 4 is 5.71 Å². The van der Waals surface area contributed by atoms with E-state index in [2.05, 4.69) is 6.92 Å². The third kappa shape index (κ3) is 70.9. The molecule has 0 amide bonds. The molecule has 0 saturated carbocycles. The molecule has 0 aromatic heterocycles. The van der Waals surface area contributed by atoms with Crippen LogP contribution < -0.4 is 0 Å². The van der Waals surface area contributed by atoms with Crippen LogP contribution in [0.3, 0.4) is 0 Å². The predicted molar refractivity (Wildman–Crippen MR) is 25.8 cm³/mol. The van der Waals surface area contributed by atoms with Crippen LogP contribution in [0.5, 0.6) is 0 Å². The van der Waals surface area contributed by atoms with Gasteiger partial charge in [0.15, 0.2) is 0 Å². The van der Waals surface area contributed by atoms with Crippen molar-refractivity contribution in [3.63, 3.8) is 0 Å². The van der Waals surface area contributed by atoms with Gasteiger partial charge in [0, 0.05) is 62.2 Å². The summed E-state index contributed by atoms with van der Waals surface area (Å²) in [4.78, 5) is 0. The molecule has 0 spiro atoms. The smallest absolute Gasteiger partial charge is 0.838 e. The van der Waals surface area contributed by atoms with Gasteiger partial charge in [-0.25, -0.2) is 0 Å². The maximum absolute atomic E-state index is 7.86. The van der Waals surface area contributed by atoms with Crippen molar-refractivity contribution in [1.82, 2.24) is 0 Å². The van der Waals surface area contributed by atoms with Crippen molar-refractivity contribution in [2.24, 2.45) is 0 Å². The van der Waals surface area contributed by atoms with Gasteiger partial charge in [0.25, 0.3) is 0 Å². The molecule has 0 aliphatic heterocycles. The molecule has 8 heavy (non-hydrogen) atoms. The van der Waals surface area contributed by atoms with E-state index < -0.39 is 0 Å². The summed E-state index contributed by atoms with van der Waals surface area (Å²) in [6, 6.07) is 0. The monoisotopic (exact) mass is 784 g/mol. The second-order valence-electron chi connectivity index (χ2n) is 0.735. The first kappa shape index (κ1) is 31.0. The molecular formula is C4H8NU3. The number of hydrogen-bond donors (Lipinski definition) is 0. The minimum atomic E-state index is 0. The Morgan fingerprint density at radius 3 is 1.38 bits per heavy atom. The molecule has 0 rings (SSSR count). The average Bonchev–Trinajstić information content (AvgIpc) is 0.811. The normalized spacial score (nSPS) is 3.12. The van der Waals surface area contributed by atoms with Gasteiger partial charge in [-0.2, -0.15) is 0 Å². The summed E-state index contributed by atoms with van der Waals surface area (Å²) in [5, 5.41) is 7.86. The zero-order valence-electron chi connectivity index (χ0n) is 5.15. The van der Waals surface area contributed by atoms with Gasteiger partial charge in [0.2, 0.25) is 0 Å². The van der Waals surface area contributed by atoms with Gasteiger partial charge in [0.05, 0.1) is 0 Å². The van der Waals surface area contributed by atoms with Gasteiger partial charge in [-0.05, 0) is 0 Å². The van der Waals surface area contributed by atoms with Crippen LogP contribution in [0.4, 0.5) is 0 Å². The quantitative estimate of drug-likeness (QED) is 0.262. The Morgan fingerprint density at radius 1 is 1.38 bits per heavy atom. The van der Waals surface area contributed by atoms with Crippen molar-refractivity contribution in [1.29, 1.82) is 0 Å². The first-order chi connectivity index (χ1) is 1.73. The second kappa shape index (κ2) is 22.6. The van der Waals surface area contributed by atoms with Gasteiger partial charge in [0.1, 0.15) is 0 Å². The van der Waals surface area contributed by atoms with E-state index >= 15 is 0 Å². The number of nitrogens with zero attached hydrogens (tertiary/aromatic N) is 1.